The number of hydrogen-bond donors (Lipinski definition) is 2. The van der Waals surface area contributed by atoms with Gasteiger partial charge in [-0.25, -0.2) is 22.9 Å². The fourth-order valence-corrected chi connectivity index (χ4v) is 5.63. The molecule has 1 unspecified atom stereocenters. The molecule has 0 aliphatic carbocycles. The number of aromatic nitrogens is 2. The Morgan fingerprint density at radius 2 is 1.83 bits per heavy atom. The van der Waals surface area contributed by atoms with Crippen molar-refractivity contribution >= 4 is 27.9 Å². The van der Waals surface area contributed by atoms with E-state index in [0.717, 1.165) is 22.7 Å². The average Bonchev–Trinajstić information content (AvgIpc) is 3.21. The fourth-order valence-electron chi connectivity index (χ4n) is 3.84. The van der Waals surface area contributed by atoms with Crippen LogP contribution in [0.5, 0.6) is 0 Å². The van der Waals surface area contributed by atoms with Gasteiger partial charge >= 0.3 is 6.09 Å². The molecule has 1 atom stereocenters. The Morgan fingerprint density at radius 1 is 1.14 bits per heavy atom. The Morgan fingerprint density at radius 3 is 2.43 bits per heavy atom. The predicted octanol–water partition coefficient (Wildman–Crippen LogP) is 4.76. The molecule has 0 aliphatic heterocycles. The highest BCUT2D eigenvalue weighted by Crippen LogP contribution is 2.30. The first-order valence-electron chi connectivity index (χ1n) is 11.4. The van der Waals surface area contributed by atoms with Crippen molar-refractivity contribution < 1.29 is 23.1 Å². The van der Waals surface area contributed by atoms with E-state index < -0.39 is 22.2 Å². The minimum absolute atomic E-state index is 0.0124. The molecule has 10 heteroatoms. The molecule has 0 aliphatic rings. The number of carbonyl (C=O) groups is 1. The Hall–Kier alpha value is -2.82. The van der Waals surface area contributed by atoms with Gasteiger partial charge in [-0.05, 0) is 43.2 Å². The Labute approximate surface area is 210 Å². The summed E-state index contributed by atoms with van der Waals surface area (Å²) >= 11 is 1.57. The molecule has 3 aromatic rings. The summed E-state index contributed by atoms with van der Waals surface area (Å²) in [4.78, 5) is 16.4. The van der Waals surface area contributed by atoms with Crippen LogP contribution in [-0.2, 0) is 27.7 Å². The van der Waals surface area contributed by atoms with Gasteiger partial charge in [-0.1, -0.05) is 56.3 Å². The maximum atomic E-state index is 12.8. The third-order valence-corrected chi connectivity index (χ3v) is 7.64. The second-order valence-corrected chi connectivity index (χ2v) is 10.3. The van der Waals surface area contributed by atoms with E-state index in [1.807, 2.05) is 42.2 Å². The number of thioether (sulfide) groups is 1. The first kappa shape index (κ1) is 26.8. The van der Waals surface area contributed by atoms with Crippen molar-refractivity contribution in [3.8, 4) is 11.1 Å². The summed E-state index contributed by atoms with van der Waals surface area (Å²) in [5.41, 5.74) is 3.23. The lowest BCUT2D eigenvalue weighted by molar-refractivity contribution is 0.158. The molecule has 2 N–H and O–H groups in total. The van der Waals surface area contributed by atoms with E-state index in [2.05, 4.69) is 16.5 Å². The minimum atomic E-state index is -4.11. The Balaban J connectivity index is 1.94. The first-order chi connectivity index (χ1) is 16.7. The van der Waals surface area contributed by atoms with Crippen molar-refractivity contribution in [2.45, 2.75) is 56.2 Å². The number of hydrogen-bond acceptors (Lipinski definition) is 7. The maximum Gasteiger partial charge on any atom is 0.421 e. The van der Waals surface area contributed by atoms with Crippen molar-refractivity contribution in [1.82, 2.24) is 14.3 Å². The van der Waals surface area contributed by atoms with Gasteiger partial charge in [0.15, 0.2) is 0 Å². The highest BCUT2D eigenvalue weighted by atomic mass is 32.2. The molecule has 0 spiro atoms. The van der Waals surface area contributed by atoms with Gasteiger partial charge in [0.2, 0.25) is 0 Å². The van der Waals surface area contributed by atoms with Crippen LogP contribution in [0.25, 0.3) is 11.1 Å². The maximum absolute atomic E-state index is 12.8. The molecule has 1 amide bonds. The molecule has 2 aromatic carbocycles. The monoisotopic (exact) mass is 517 g/mol. The zero-order chi connectivity index (χ0) is 25.6. The van der Waals surface area contributed by atoms with Crippen LogP contribution in [0.15, 0.2) is 58.5 Å². The number of benzene rings is 2. The van der Waals surface area contributed by atoms with E-state index >= 15 is 0 Å². The number of nitrogens with one attached hydrogen (secondary N) is 1. The number of sulfonamides is 1. The summed E-state index contributed by atoms with van der Waals surface area (Å²) in [6.45, 7) is 6.19. The van der Waals surface area contributed by atoms with Gasteiger partial charge in [-0.15, -0.1) is 11.8 Å². The van der Waals surface area contributed by atoms with E-state index in [1.54, 1.807) is 36.9 Å². The number of aliphatic hydroxyl groups excluding tert-OH is 1. The standard InChI is InChI=1S/C25H31N3O5S2/c1-5-20-24(34-4)26-23(21(29)6-2)28(20)16-17-12-14-18(15-13-17)19-10-8-9-11-22(19)35(31,32)27-25(30)33-7-3/h8-15,21,29H,5-7,16H2,1-4H3,(H,27,30). The van der Waals surface area contributed by atoms with Gasteiger partial charge in [0, 0.05) is 12.1 Å². The molecule has 0 saturated heterocycles. The van der Waals surface area contributed by atoms with Crippen LogP contribution < -0.4 is 4.72 Å². The molecule has 1 heterocycles. The Bertz CT molecular complexity index is 1270. The number of aliphatic hydroxyl groups is 1. The first-order valence-corrected chi connectivity index (χ1v) is 14.2. The second kappa shape index (κ2) is 11.7. The van der Waals surface area contributed by atoms with Crippen LogP contribution in [0.3, 0.4) is 0 Å². The summed E-state index contributed by atoms with van der Waals surface area (Å²) in [5, 5.41) is 11.4. The SMILES string of the molecule is CCOC(=O)NS(=O)(=O)c1ccccc1-c1ccc(Cn2c(C(O)CC)nc(SC)c2CC)cc1. The lowest BCUT2D eigenvalue weighted by atomic mass is 10.0. The van der Waals surface area contributed by atoms with E-state index in [-0.39, 0.29) is 11.5 Å². The van der Waals surface area contributed by atoms with Crippen LogP contribution >= 0.6 is 11.8 Å². The highest BCUT2D eigenvalue weighted by molar-refractivity contribution is 7.98. The number of imidazole rings is 1. The van der Waals surface area contributed by atoms with Gasteiger partial charge in [-0.3, -0.25) is 0 Å². The normalized spacial score (nSPS) is 12.4. The fraction of sp³-hybridized carbons (Fsp3) is 0.360. The van der Waals surface area contributed by atoms with E-state index in [9.17, 15) is 18.3 Å². The van der Waals surface area contributed by atoms with E-state index in [4.69, 9.17) is 4.74 Å². The molecule has 0 bridgehead atoms. The molecule has 35 heavy (non-hydrogen) atoms. The smallest absolute Gasteiger partial charge is 0.421 e. The molecule has 188 valence electrons. The Kier molecular flexibility index (Phi) is 8.98. The third-order valence-electron chi connectivity index (χ3n) is 5.55. The zero-order valence-electron chi connectivity index (χ0n) is 20.3. The van der Waals surface area contributed by atoms with Crippen molar-refractivity contribution in [3.63, 3.8) is 0 Å². The molecule has 0 saturated carbocycles. The lowest BCUT2D eigenvalue weighted by Crippen LogP contribution is -2.31. The van der Waals surface area contributed by atoms with Crippen molar-refractivity contribution in [1.29, 1.82) is 0 Å². The molecule has 0 radical (unpaired) electrons. The number of ether oxygens (including phenoxy) is 1. The van der Waals surface area contributed by atoms with Crippen LogP contribution in [-0.4, -0.2) is 42.0 Å². The van der Waals surface area contributed by atoms with Gasteiger partial charge in [0.1, 0.15) is 17.0 Å². The number of rotatable bonds is 10. The van der Waals surface area contributed by atoms with Gasteiger partial charge < -0.3 is 14.4 Å². The van der Waals surface area contributed by atoms with Gasteiger partial charge in [0.25, 0.3) is 10.0 Å². The molecule has 0 fully saturated rings. The number of carbonyl (C=O) groups excluding carboxylic acids is 1. The second-order valence-electron chi connectivity index (χ2n) is 7.81. The summed E-state index contributed by atoms with van der Waals surface area (Å²) in [7, 11) is -4.11. The molecular weight excluding hydrogens is 486 g/mol. The van der Waals surface area contributed by atoms with Crippen molar-refractivity contribution in [2.75, 3.05) is 12.9 Å². The van der Waals surface area contributed by atoms with E-state index in [0.29, 0.717) is 29.9 Å². The number of nitrogens with zero attached hydrogens (tertiary/aromatic N) is 2. The van der Waals surface area contributed by atoms with Crippen LogP contribution in [0.1, 0.15) is 50.4 Å². The lowest BCUT2D eigenvalue weighted by Gasteiger charge is -2.15. The van der Waals surface area contributed by atoms with Crippen molar-refractivity contribution in [2.24, 2.45) is 0 Å². The van der Waals surface area contributed by atoms with Crippen LogP contribution in [0.4, 0.5) is 4.79 Å². The van der Waals surface area contributed by atoms with Crippen molar-refractivity contribution in [3.05, 3.63) is 65.6 Å². The third kappa shape index (κ3) is 6.06. The van der Waals surface area contributed by atoms with Gasteiger partial charge in [-0.2, -0.15) is 0 Å². The van der Waals surface area contributed by atoms with Crippen LogP contribution in [0, 0.1) is 0 Å². The van der Waals surface area contributed by atoms with E-state index in [1.165, 1.54) is 6.07 Å². The zero-order valence-corrected chi connectivity index (χ0v) is 21.9. The van der Waals surface area contributed by atoms with Gasteiger partial charge in [0.05, 0.1) is 17.2 Å². The highest BCUT2D eigenvalue weighted by Gasteiger charge is 2.23. The molecule has 8 nitrogen and oxygen atoms in total. The summed E-state index contributed by atoms with van der Waals surface area (Å²) in [6, 6.07) is 14.0. The summed E-state index contributed by atoms with van der Waals surface area (Å²) in [5.74, 6) is 0.652. The topological polar surface area (TPSA) is 111 Å². The molecule has 3 rings (SSSR count). The summed E-state index contributed by atoms with van der Waals surface area (Å²) in [6.07, 6.45) is 1.67. The molecule has 1 aromatic heterocycles. The predicted molar refractivity (Wildman–Crippen MR) is 137 cm³/mol. The summed E-state index contributed by atoms with van der Waals surface area (Å²) < 4.78 is 34.3. The minimum Gasteiger partial charge on any atom is -0.449 e. The molecular formula is C25H31N3O5S2. The average molecular weight is 518 g/mol. The number of amides is 1. The largest absolute Gasteiger partial charge is 0.449 e. The quantitative estimate of drug-likeness (QED) is 0.373. The van der Waals surface area contributed by atoms with Crippen LogP contribution in [0.2, 0.25) is 0 Å².